The van der Waals surface area contributed by atoms with Crippen LogP contribution in [-0.2, 0) is 14.8 Å². The summed E-state index contributed by atoms with van der Waals surface area (Å²) in [6.07, 6.45) is 2.18. The molecule has 1 saturated heterocycles. The SMILES string of the molecule is Cc1ccccc1O[C@@H](C)C(=O)Nc1ccc(S(=O)(=O)N2CCCCC2)cc1. The molecule has 0 radical (unpaired) electrons. The number of ether oxygens (including phenoxy) is 1. The first-order valence-corrected chi connectivity index (χ1v) is 11.0. The normalized spacial score (nSPS) is 16.4. The van der Waals surface area contributed by atoms with E-state index < -0.39 is 16.1 Å². The summed E-state index contributed by atoms with van der Waals surface area (Å²) in [5.74, 6) is 0.364. The van der Waals surface area contributed by atoms with E-state index in [1.165, 1.54) is 16.4 Å². The molecule has 150 valence electrons. The predicted octanol–water partition coefficient (Wildman–Crippen LogP) is 3.58. The number of para-hydroxylation sites is 1. The van der Waals surface area contributed by atoms with Crippen LogP contribution < -0.4 is 10.1 Å². The van der Waals surface area contributed by atoms with Crippen LogP contribution in [0.3, 0.4) is 0 Å². The zero-order chi connectivity index (χ0) is 20.1. The Kier molecular flexibility index (Phi) is 6.36. The van der Waals surface area contributed by atoms with Crippen LogP contribution in [0, 0.1) is 6.92 Å². The van der Waals surface area contributed by atoms with Gasteiger partial charge in [0.1, 0.15) is 5.75 Å². The number of sulfonamides is 1. The smallest absolute Gasteiger partial charge is 0.265 e. The molecule has 0 aromatic heterocycles. The number of aryl methyl sites for hydroxylation is 1. The fraction of sp³-hybridized carbons (Fsp3) is 0.381. The highest BCUT2D eigenvalue weighted by Gasteiger charge is 2.25. The van der Waals surface area contributed by atoms with E-state index in [9.17, 15) is 13.2 Å². The Morgan fingerprint density at radius 2 is 1.68 bits per heavy atom. The molecule has 0 aliphatic carbocycles. The Labute approximate surface area is 166 Å². The summed E-state index contributed by atoms with van der Waals surface area (Å²) >= 11 is 0. The molecule has 2 aromatic rings. The molecule has 0 unspecified atom stereocenters. The molecule has 1 atom stereocenters. The van der Waals surface area contributed by atoms with Crippen molar-refractivity contribution >= 4 is 21.6 Å². The van der Waals surface area contributed by atoms with Crippen LogP contribution >= 0.6 is 0 Å². The average molecular weight is 403 g/mol. The molecule has 1 aliphatic rings. The minimum absolute atomic E-state index is 0.247. The lowest BCUT2D eigenvalue weighted by Crippen LogP contribution is -2.35. The van der Waals surface area contributed by atoms with Gasteiger partial charge in [-0.1, -0.05) is 24.6 Å². The van der Waals surface area contributed by atoms with Gasteiger partial charge in [-0.05, 0) is 62.6 Å². The number of hydrogen-bond donors (Lipinski definition) is 1. The van der Waals surface area contributed by atoms with Crippen molar-refractivity contribution < 1.29 is 17.9 Å². The van der Waals surface area contributed by atoms with Gasteiger partial charge < -0.3 is 10.1 Å². The zero-order valence-electron chi connectivity index (χ0n) is 16.2. The molecule has 0 spiro atoms. The molecule has 0 saturated carbocycles. The third-order valence-corrected chi connectivity index (χ3v) is 6.75. The van der Waals surface area contributed by atoms with E-state index in [-0.39, 0.29) is 10.8 Å². The zero-order valence-corrected chi connectivity index (χ0v) is 17.0. The van der Waals surface area contributed by atoms with E-state index in [4.69, 9.17) is 4.74 Å². The summed E-state index contributed by atoms with van der Waals surface area (Å²) in [7, 11) is -3.47. The topological polar surface area (TPSA) is 75.7 Å². The van der Waals surface area contributed by atoms with Gasteiger partial charge in [0.25, 0.3) is 5.91 Å². The van der Waals surface area contributed by atoms with Gasteiger partial charge in [0, 0.05) is 18.8 Å². The van der Waals surface area contributed by atoms with Crippen molar-refractivity contribution in [1.82, 2.24) is 4.31 Å². The number of piperidine rings is 1. The molecule has 1 N–H and O–H groups in total. The highest BCUT2D eigenvalue weighted by Crippen LogP contribution is 2.22. The van der Waals surface area contributed by atoms with Crippen molar-refractivity contribution in [3.05, 3.63) is 54.1 Å². The summed E-state index contributed by atoms with van der Waals surface area (Å²) in [5, 5.41) is 2.77. The van der Waals surface area contributed by atoms with E-state index in [0.29, 0.717) is 24.5 Å². The number of hydrogen-bond acceptors (Lipinski definition) is 4. The third kappa shape index (κ3) is 4.72. The van der Waals surface area contributed by atoms with Crippen molar-refractivity contribution in [2.24, 2.45) is 0 Å². The molecule has 2 aromatic carbocycles. The number of nitrogens with one attached hydrogen (secondary N) is 1. The van der Waals surface area contributed by atoms with Gasteiger partial charge in [0.2, 0.25) is 10.0 Å². The van der Waals surface area contributed by atoms with Crippen LogP contribution in [0.1, 0.15) is 31.7 Å². The Hall–Kier alpha value is -2.38. The highest BCUT2D eigenvalue weighted by molar-refractivity contribution is 7.89. The molecule has 3 rings (SSSR count). The van der Waals surface area contributed by atoms with Crippen molar-refractivity contribution in [3.63, 3.8) is 0 Å². The molecule has 0 bridgehead atoms. The molecule has 28 heavy (non-hydrogen) atoms. The van der Waals surface area contributed by atoms with Gasteiger partial charge in [-0.3, -0.25) is 4.79 Å². The maximum absolute atomic E-state index is 12.7. The summed E-state index contributed by atoms with van der Waals surface area (Å²) in [4.78, 5) is 12.6. The minimum atomic E-state index is -3.47. The Bertz CT molecular complexity index is 920. The molecular weight excluding hydrogens is 376 g/mol. The van der Waals surface area contributed by atoms with Crippen LogP contribution in [0.25, 0.3) is 0 Å². The van der Waals surface area contributed by atoms with E-state index in [0.717, 1.165) is 24.8 Å². The van der Waals surface area contributed by atoms with E-state index in [1.54, 1.807) is 19.1 Å². The maximum Gasteiger partial charge on any atom is 0.265 e. The summed E-state index contributed by atoms with van der Waals surface area (Å²) in [5.41, 5.74) is 1.48. The maximum atomic E-state index is 12.7. The number of nitrogens with zero attached hydrogens (tertiary/aromatic N) is 1. The third-order valence-electron chi connectivity index (χ3n) is 4.84. The summed E-state index contributed by atoms with van der Waals surface area (Å²) in [6, 6.07) is 13.8. The second kappa shape index (κ2) is 8.75. The number of carbonyl (C=O) groups is 1. The molecule has 1 heterocycles. The van der Waals surface area contributed by atoms with Gasteiger partial charge >= 0.3 is 0 Å². The van der Waals surface area contributed by atoms with Crippen LogP contribution in [0.4, 0.5) is 5.69 Å². The number of benzene rings is 2. The van der Waals surface area contributed by atoms with Gasteiger partial charge in [0.05, 0.1) is 4.90 Å². The van der Waals surface area contributed by atoms with Gasteiger partial charge in [-0.25, -0.2) is 8.42 Å². The van der Waals surface area contributed by atoms with E-state index in [1.807, 2.05) is 31.2 Å². The Morgan fingerprint density at radius 3 is 2.32 bits per heavy atom. The monoisotopic (exact) mass is 402 g/mol. The lowest BCUT2D eigenvalue weighted by Gasteiger charge is -2.25. The fourth-order valence-corrected chi connectivity index (χ4v) is 4.66. The molecule has 6 nitrogen and oxygen atoms in total. The van der Waals surface area contributed by atoms with Crippen molar-refractivity contribution in [3.8, 4) is 5.75 Å². The Morgan fingerprint density at radius 1 is 1.04 bits per heavy atom. The summed E-state index contributed by atoms with van der Waals surface area (Å²) < 4.78 is 32.6. The first-order valence-electron chi connectivity index (χ1n) is 9.51. The molecule has 1 aliphatic heterocycles. The lowest BCUT2D eigenvalue weighted by molar-refractivity contribution is -0.122. The van der Waals surface area contributed by atoms with Gasteiger partial charge in [-0.15, -0.1) is 0 Å². The van der Waals surface area contributed by atoms with E-state index >= 15 is 0 Å². The number of amides is 1. The van der Waals surface area contributed by atoms with Crippen molar-refractivity contribution in [2.45, 2.75) is 44.1 Å². The number of carbonyl (C=O) groups excluding carboxylic acids is 1. The van der Waals surface area contributed by atoms with Gasteiger partial charge in [-0.2, -0.15) is 4.31 Å². The fourth-order valence-electron chi connectivity index (χ4n) is 3.14. The first kappa shape index (κ1) is 20.4. The van der Waals surface area contributed by atoms with Crippen molar-refractivity contribution in [1.29, 1.82) is 0 Å². The van der Waals surface area contributed by atoms with Crippen molar-refractivity contribution in [2.75, 3.05) is 18.4 Å². The summed E-state index contributed by atoms with van der Waals surface area (Å²) in [6.45, 7) is 4.72. The number of anilines is 1. The second-order valence-corrected chi connectivity index (χ2v) is 8.94. The molecule has 1 amide bonds. The molecule has 7 heteroatoms. The second-order valence-electron chi connectivity index (χ2n) is 7.00. The Balaban J connectivity index is 1.63. The molecular formula is C21H26N2O4S. The quantitative estimate of drug-likeness (QED) is 0.801. The number of rotatable bonds is 6. The van der Waals surface area contributed by atoms with Crippen LogP contribution in [0.2, 0.25) is 0 Å². The first-order chi connectivity index (χ1) is 13.4. The highest BCUT2D eigenvalue weighted by atomic mass is 32.2. The van der Waals surface area contributed by atoms with Crippen LogP contribution in [0.5, 0.6) is 5.75 Å². The molecule has 1 fully saturated rings. The average Bonchev–Trinajstić information content (AvgIpc) is 2.70. The van der Waals surface area contributed by atoms with Crippen LogP contribution in [-0.4, -0.2) is 37.8 Å². The minimum Gasteiger partial charge on any atom is -0.481 e. The van der Waals surface area contributed by atoms with Crippen LogP contribution in [0.15, 0.2) is 53.4 Å². The largest absolute Gasteiger partial charge is 0.481 e. The van der Waals surface area contributed by atoms with E-state index in [2.05, 4.69) is 5.32 Å². The standard InChI is InChI=1S/C21H26N2O4S/c1-16-8-4-5-9-20(16)27-17(2)21(24)22-18-10-12-19(13-11-18)28(25,26)23-14-6-3-7-15-23/h4-5,8-13,17H,3,6-7,14-15H2,1-2H3,(H,22,24)/t17-/m0/s1. The van der Waals surface area contributed by atoms with Gasteiger partial charge in [0.15, 0.2) is 6.10 Å². The predicted molar refractivity (Wildman–Crippen MR) is 109 cm³/mol. The lowest BCUT2D eigenvalue weighted by atomic mass is 10.2.